The van der Waals surface area contributed by atoms with E-state index in [0.717, 1.165) is 4.31 Å². The Labute approximate surface area is 180 Å². The molecule has 0 radical (unpaired) electrons. The number of nitrogens with zero attached hydrogens (tertiary/aromatic N) is 2. The van der Waals surface area contributed by atoms with Gasteiger partial charge in [-0.1, -0.05) is 24.3 Å². The van der Waals surface area contributed by atoms with Crippen LogP contribution in [0.25, 0.3) is 0 Å². The number of para-hydroxylation sites is 1. The average molecular weight is 439 g/mol. The van der Waals surface area contributed by atoms with Crippen LogP contribution in [0.3, 0.4) is 0 Å². The lowest BCUT2D eigenvalue weighted by molar-refractivity contribution is 0.0955. The van der Waals surface area contributed by atoms with Crippen molar-refractivity contribution in [2.45, 2.75) is 4.90 Å². The minimum Gasteiger partial charge on any atom is -0.504 e. The van der Waals surface area contributed by atoms with Crippen molar-refractivity contribution in [3.05, 3.63) is 83.9 Å². The minimum atomic E-state index is -3.70. The van der Waals surface area contributed by atoms with E-state index in [1.54, 1.807) is 36.4 Å². The molecule has 1 amide bonds. The molecule has 9 heteroatoms. The number of phenols is 1. The molecule has 0 unspecified atom stereocenters. The number of benzene rings is 3. The molecule has 0 bridgehead atoms. The molecule has 0 aliphatic heterocycles. The van der Waals surface area contributed by atoms with Gasteiger partial charge in [0.05, 0.1) is 23.9 Å². The maximum atomic E-state index is 12.7. The molecule has 8 nitrogen and oxygen atoms in total. The van der Waals surface area contributed by atoms with Crippen LogP contribution in [0.5, 0.6) is 11.5 Å². The molecule has 3 rings (SSSR count). The number of methoxy groups -OCH3 is 1. The lowest BCUT2D eigenvalue weighted by Gasteiger charge is -2.19. The number of anilines is 1. The van der Waals surface area contributed by atoms with Gasteiger partial charge in [-0.05, 0) is 48.5 Å². The lowest BCUT2D eigenvalue weighted by Crippen LogP contribution is -2.26. The number of sulfonamides is 1. The van der Waals surface area contributed by atoms with Crippen LogP contribution >= 0.6 is 0 Å². The quantitative estimate of drug-likeness (QED) is 0.435. The first-order chi connectivity index (χ1) is 14.8. The van der Waals surface area contributed by atoms with Crippen molar-refractivity contribution in [1.29, 1.82) is 0 Å². The molecule has 0 spiro atoms. The van der Waals surface area contributed by atoms with Crippen LogP contribution in [0.15, 0.2) is 82.8 Å². The number of hydrogen-bond donors (Lipinski definition) is 2. The Morgan fingerprint density at radius 3 is 2.35 bits per heavy atom. The Kier molecular flexibility index (Phi) is 6.56. The van der Waals surface area contributed by atoms with E-state index < -0.39 is 15.9 Å². The van der Waals surface area contributed by atoms with E-state index in [0.29, 0.717) is 22.6 Å². The van der Waals surface area contributed by atoms with E-state index in [2.05, 4.69) is 10.5 Å². The largest absolute Gasteiger partial charge is 0.504 e. The molecule has 0 saturated carbocycles. The van der Waals surface area contributed by atoms with Gasteiger partial charge in [-0.3, -0.25) is 9.10 Å². The van der Waals surface area contributed by atoms with E-state index in [-0.39, 0.29) is 10.6 Å². The minimum absolute atomic E-state index is 0.0879. The van der Waals surface area contributed by atoms with Crippen molar-refractivity contribution in [3.63, 3.8) is 0 Å². The zero-order valence-corrected chi connectivity index (χ0v) is 17.7. The third kappa shape index (κ3) is 4.84. The Bertz CT molecular complexity index is 1190. The van der Waals surface area contributed by atoms with E-state index in [1.807, 2.05) is 0 Å². The molecule has 2 N–H and O–H groups in total. The molecule has 0 heterocycles. The topological polar surface area (TPSA) is 108 Å². The van der Waals surface area contributed by atoms with E-state index in [9.17, 15) is 18.3 Å². The molecule has 0 aliphatic carbocycles. The zero-order chi connectivity index (χ0) is 22.4. The van der Waals surface area contributed by atoms with Gasteiger partial charge in [0, 0.05) is 18.2 Å². The SMILES string of the molecule is COc1cccc(C=NNC(=O)c2ccc(N(C)S(=O)(=O)c3ccccc3)cc2)c1O. The number of hydrazone groups is 1. The molecular weight excluding hydrogens is 418 g/mol. The number of phenolic OH excluding ortho intramolecular Hbond substituents is 1. The van der Waals surface area contributed by atoms with Gasteiger partial charge < -0.3 is 9.84 Å². The maximum Gasteiger partial charge on any atom is 0.271 e. The van der Waals surface area contributed by atoms with Crippen LogP contribution in [0.2, 0.25) is 0 Å². The predicted molar refractivity (Wildman–Crippen MR) is 118 cm³/mol. The van der Waals surface area contributed by atoms with Crippen molar-refractivity contribution in [3.8, 4) is 11.5 Å². The highest BCUT2D eigenvalue weighted by Gasteiger charge is 2.21. The summed E-state index contributed by atoms with van der Waals surface area (Å²) in [6.45, 7) is 0. The van der Waals surface area contributed by atoms with E-state index in [1.165, 1.54) is 56.8 Å². The summed E-state index contributed by atoms with van der Waals surface area (Å²) in [5.41, 5.74) is 3.44. The van der Waals surface area contributed by atoms with Crippen molar-refractivity contribution in [2.75, 3.05) is 18.5 Å². The standard InChI is InChI=1S/C22H21N3O5S/c1-25(31(28,29)19-8-4-3-5-9-19)18-13-11-16(12-14-18)22(27)24-23-15-17-7-6-10-20(30-2)21(17)26/h3-15,26H,1-2H3,(H,24,27). The van der Waals surface area contributed by atoms with Crippen molar-refractivity contribution in [2.24, 2.45) is 5.10 Å². The summed E-state index contributed by atoms with van der Waals surface area (Å²) in [4.78, 5) is 12.5. The zero-order valence-electron chi connectivity index (χ0n) is 16.9. The number of ether oxygens (including phenoxy) is 1. The second kappa shape index (κ2) is 9.31. The number of carbonyl (C=O) groups is 1. The first kappa shape index (κ1) is 21.8. The van der Waals surface area contributed by atoms with Gasteiger partial charge in [0.2, 0.25) is 0 Å². The predicted octanol–water partition coefficient (Wildman–Crippen LogP) is 2.99. The third-order valence-corrected chi connectivity index (χ3v) is 6.31. The first-order valence-electron chi connectivity index (χ1n) is 9.18. The highest BCUT2D eigenvalue weighted by Crippen LogP contribution is 2.28. The maximum absolute atomic E-state index is 12.7. The molecule has 0 atom stereocenters. The van der Waals surface area contributed by atoms with E-state index in [4.69, 9.17) is 4.74 Å². The van der Waals surface area contributed by atoms with Crippen LogP contribution in [0, 0.1) is 0 Å². The Hall–Kier alpha value is -3.85. The van der Waals surface area contributed by atoms with Crippen molar-refractivity contribution in [1.82, 2.24) is 5.43 Å². The molecular formula is C22H21N3O5S. The van der Waals surface area contributed by atoms with Crippen LogP contribution < -0.4 is 14.5 Å². The first-order valence-corrected chi connectivity index (χ1v) is 10.6. The average Bonchev–Trinajstić information content (AvgIpc) is 2.80. The number of aromatic hydroxyl groups is 1. The Balaban J connectivity index is 1.69. The molecule has 3 aromatic rings. The van der Waals surface area contributed by atoms with Crippen molar-refractivity contribution >= 4 is 27.8 Å². The lowest BCUT2D eigenvalue weighted by atomic mass is 10.2. The van der Waals surface area contributed by atoms with E-state index >= 15 is 0 Å². The number of rotatable bonds is 7. The van der Waals surface area contributed by atoms with Crippen LogP contribution in [-0.2, 0) is 10.0 Å². The summed E-state index contributed by atoms with van der Waals surface area (Å²) in [6, 6.07) is 19.1. The van der Waals surface area contributed by atoms with Crippen LogP contribution in [0.1, 0.15) is 15.9 Å². The number of carbonyl (C=O) groups excluding carboxylic acids is 1. The van der Waals surface area contributed by atoms with Gasteiger partial charge in [-0.15, -0.1) is 0 Å². The summed E-state index contributed by atoms with van der Waals surface area (Å²) >= 11 is 0. The summed E-state index contributed by atoms with van der Waals surface area (Å²) in [5.74, 6) is -0.283. The van der Waals surface area contributed by atoms with Gasteiger partial charge in [-0.2, -0.15) is 5.10 Å². The number of amides is 1. The Morgan fingerprint density at radius 2 is 1.71 bits per heavy atom. The normalized spacial score (nSPS) is 11.3. The van der Waals surface area contributed by atoms with Crippen molar-refractivity contribution < 1.29 is 23.1 Å². The molecule has 3 aromatic carbocycles. The highest BCUT2D eigenvalue weighted by molar-refractivity contribution is 7.92. The van der Waals surface area contributed by atoms with Gasteiger partial charge in [0.15, 0.2) is 11.5 Å². The summed E-state index contributed by atoms with van der Waals surface area (Å²) in [6.07, 6.45) is 1.30. The highest BCUT2D eigenvalue weighted by atomic mass is 32.2. The Morgan fingerprint density at radius 1 is 1.03 bits per heavy atom. The monoisotopic (exact) mass is 439 g/mol. The fraction of sp³-hybridized carbons (Fsp3) is 0.0909. The van der Waals surface area contributed by atoms with Gasteiger partial charge in [0.25, 0.3) is 15.9 Å². The molecule has 0 fully saturated rings. The van der Waals surface area contributed by atoms with Crippen LogP contribution in [0.4, 0.5) is 5.69 Å². The smallest absolute Gasteiger partial charge is 0.271 e. The molecule has 0 aliphatic rings. The van der Waals surface area contributed by atoms with Gasteiger partial charge in [-0.25, -0.2) is 13.8 Å². The third-order valence-electron chi connectivity index (χ3n) is 4.51. The molecule has 0 aromatic heterocycles. The second-order valence-corrected chi connectivity index (χ2v) is 8.40. The fourth-order valence-corrected chi connectivity index (χ4v) is 3.96. The number of hydrogen-bond acceptors (Lipinski definition) is 6. The summed E-state index contributed by atoms with van der Waals surface area (Å²) in [5, 5.41) is 13.9. The number of nitrogens with one attached hydrogen (secondary N) is 1. The summed E-state index contributed by atoms with van der Waals surface area (Å²) in [7, 11) is -0.823. The van der Waals surface area contributed by atoms with Gasteiger partial charge in [0.1, 0.15) is 0 Å². The molecule has 0 saturated heterocycles. The molecule has 31 heavy (non-hydrogen) atoms. The second-order valence-electron chi connectivity index (χ2n) is 6.43. The van der Waals surface area contributed by atoms with Crippen LogP contribution in [-0.4, -0.2) is 39.8 Å². The molecule has 160 valence electrons. The fourth-order valence-electron chi connectivity index (χ4n) is 2.75. The summed E-state index contributed by atoms with van der Waals surface area (Å²) < 4.78 is 31.6. The van der Waals surface area contributed by atoms with Gasteiger partial charge >= 0.3 is 0 Å².